The lowest BCUT2D eigenvalue weighted by atomic mass is 10.0. The quantitative estimate of drug-likeness (QED) is 0.662. The summed E-state index contributed by atoms with van der Waals surface area (Å²) < 4.78 is 48.4. The minimum Gasteiger partial charge on any atom is -0.488 e. The number of fused-ring (bicyclic) bond motifs is 1. The zero-order chi connectivity index (χ0) is 22.2. The highest BCUT2D eigenvalue weighted by Gasteiger charge is 2.37. The van der Waals surface area contributed by atoms with E-state index in [0.29, 0.717) is 0 Å². The number of carbonyl (C=O) groups excluding carboxylic acids is 1. The van der Waals surface area contributed by atoms with Crippen LogP contribution in [-0.4, -0.2) is 42.8 Å². The summed E-state index contributed by atoms with van der Waals surface area (Å²) >= 11 is 0. The third-order valence-corrected chi connectivity index (χ3v) is 6.24. The summed E-state index contributed by atoms with van der Waals surface area (Å²) in [5.41, 5.74) is -0.152. The van der Waals surface area contributed by atoms with E-state index >= 15 is 0 Å². The van der Waals surface area contributed by atoms with Gasteiger partial charge in [-0.1, -0.05) is 13.8 Å². The molecule has 1 aromatic heterocycles. The Bertz CT molecular complexity index is 1140. The fourth-order valence-electron chi connectivity index (χ4n) is 3.15. The van der Waals surface area contributed by atoms with Gasteiger partial charge < -0.3 is 19.7 Å². The smallest absolute Gasteiger partial charge is 0.276 e. The molecule has 0 radical (unpaired) electrons. The molecule has 2 heterocycles. The van der Waals surface area contributed by atoms with Gasteiger partial charge in [0.25, 0.3) is 5.91 Å². The first kappa shape index (κ1) is 21.8. The van der Waals surface area contributed by atoms with E-state index in [9.17, 15) is 22.7 Å². The fraction of sp³-hybridized carbons (Fsp3) is 0.368. The van der Waals surface area contributed by atoms with E-state index in [1.807, 2.05) is 0 Å². The molecule has 0 spiro atoms. The number of nitrogens with one attached hydrogen (secondary N) is 2. The molecule has 0 saturated heterocycles. The van der Waals surface area contributed by atoms with Gasteiger partial charge in [0.05, 0.1) is 17.7 Å². The molecule has 0 aliphatic carbocycles. The fourth-order valence-corrected chi connectivity index (χ4v) is 4.58. The number of hydrogen-bond donors (Lipinski definition) is 3. The van der Waals surface area contributed by atoms with Crippen molar-refractivity contribution in [2.45, 2.75) is 30.9 Å². The Morgan fingerprint density at radius 1 is 1.47 bits per heavy atom. The number of amides is 1. The van der Waals surface area contributed by atoms with Crippen molar-refractivity contribution in [3.8, 4) is 11.8 Å². The van der Waals surface area contributed by atoms with Gasteiger partial charge in [0, 0.05) is 18.9 Å². The molecule has 1 aliphatic heterocycles. The standard InChI is InChI=1S/C19H21FN4O5S/c1-10(2)17(25)14-9-29-18-15(30(27,28)23-14)8-24(3)16(18)19(26)22-12-4-5-13(20)11(6-12)7-21/h4-6,8,10,14,17,23,25H,9H2,1-3H3,(H,22,26). The number of ether oxygens (including phenoxy) is 1. The summed E-state index contributed by atoms with van der Waals surface area (Å²) in [6.45, 7) is 3.31. The third kappa shape index (κ3) is 4.02. The van der Waals surface area contributed by atoms with Crippen LogP contribution in [-0.2, 0) is 17.1 Å². The average Bonchev–Trinajstić information content (AvgIpc) is 2.96. The maximum Gasteiger partial charge on any atom is 0.276 e. The van der Waals surface area contributed by atoms with Crippen molar-refractivity contribution < 1.29 is 27.4 Å². The maximum absolute atomic E-state index is 13.5. The van der Waals surface area contributed by atoms with Crippen molar-refractivity contribution >= 4 is 21.6 Å². The molecule has 30 heavy (non-hydrogen) atoms. The van der Waals surface area contributed by atoms with Crippen LogP contribution in [0.1, 0.15) is 29.9 Å². The highest BCUT2D eigenvalue weighted by atomic mass is 32.2. The lowest BCUT2D eigenvalue weighted by molar-refractivity contribution is 0.0709. The lowest BCUT2D eigenvalue weighted by Gasteiger charge is -2.24. The van der Waals surface area contributed by atoms with E-state index in [1.165, 1.54) is 29.9 Å². The Hall–Kier alpha value is -2.94. The maximum atomic E-state index is 13.5. The van der Waals surface area contributed by atoms with Gasteiger partial charge in [0.15, 0.2) is 11.4 Å². The van der Waals surface area contributed by atoms with Crippen molar-refractivity contribution in [1.82, 2.24) is 9.29 Å². The molecule has 3 N–H and O–H groups in total. The Labute approximate surface area is 173 Å². The summed E-state index contributed by atoms with van der Waals surface area (Å²) in [6, 6.07) is 4.29. The van der Waals surface area contributed by atoms with Crippen LogP contribution in [0, 0.1) is 23.1 Å². The summed E-state index contributed by atoms with van der Waals surface area (Å²) in [5, 5.41) is 21.7. The number of nitriles is 1. The van der Waals surface area contributed by atoms with E-state index in [1.54, 1.807) is 19.9 Å². The van der Waals surface area contributed by atoms with Gasteiger partial charge in [0.1, 0.15) is 23.4 Å². The molecule has 2 aromatic rings. The number of carbonyl (C=O) groups is 1. The largest absolute Gasteiger partial charge is 0.488 e. The van der Waals surface area contributed by atoms with Crippen molar-refractivity contribution in [3.05, 3.63) is 41.5 Å². The normalized spacial score (nSPS) is 18.6. The predicted molar refractivity (Wildman–Crippen MR) is 105 cm³/mol. The number of aliphatic hydroxyl groups is 1. The first-order valence-electron chi connectivity index (χ1n) is 9.08. The van der Waals surface area contributed by atoms with Crippen LogP contribution in [0.4, 0.5) is 10.1 Å². The molecule has 2 atom stereocenters. The average molecular weight is 436 g/mol. The van der Waals surface area contributed by atoms with Gasteiger partial charge in [-0.3, -0.25) is 4.79 Å². The number of aromatic nitrogens is 1. The van der Waals surface area contributed by atoms with E-state index in [2.05, 4.69) is 10.0 Å². The Morgan fingerprint density at radius 2 is 2.17 bits per heavy atom. The molecule has 160 valence electrons. The minimum atomic E-state index is -4.06. The van der Waals surface area contributed by atoms with Gasteiger partial charge >= 0.3 is 0 Å². The summed E-state index contributed by atoms with van der Waals surface area (Å²) in [5.74, 6) is -1.80. The van der Waals surface area contributed by atoms with E-state index in [4.69, 9.17) is 10.00 Å². The highest BCUT2D eigenvalue weighted by Crippen LogP contribution is 2.33. The van der Waals surface area contributed by atoms with Crippen molar-refractivity contribution in [2.75, 3.05) is 11.9 Å². The molecular formula is C19H21FN4O5S. The van der Waals surface area contributed by atoms with Gasteiger partial charge in [0.2, 0.25) is 10.0 Å². The van der Waals surface area contributed by atoms with Gasteiger partial charge in [-0.15, -0.1) is 0 Å². The van der Waals surface area contributed by atoms with Crippen LogP contribution < -0.4 is 14.8 Å². The number of sulfonamides is 1. The molecule has 2 unspecified atom stereocenters. The van der Waals surface area contributed by atoms with Crippen LogP contribution in [0.25, 0.3) is 0 Å². The van der Waals surface area contributed by atoms with Gasteiger partial charge in [-0.2, -0.15) is 5.26 Å². The number of anilines is 1. The first-order valence-corrected chi connectivity index (χ1v) is 10.6. The number of rotatable bonds is 4. The number of benzene rings is 1. The Kier molecular flexibility index (Phi) is 5.85. The second kappa shape index (κ2) is 8.06. The Balaban J connectivity index is 1.96. The van der Waals surface area contributed by atoms with Crippen molar-refractivity contribution in [3.63, 3.8) is 0 Å². The zero-order valence-electron chi connectivity index (χ0n) is 16.5. The Morgan fingerprint density at radius 3 is 2.80 bits per heavy atom. The molecule has 0 saturated carbocycles. The van der Waals surface area contributed by atoms with Crippen molar-refractivity contribution in [2.24, 2.45) is 13.0 Å². The lowest BCUT2D eigenvalue weighted by Crippen LogP contribution is -2.47. The number of hydrogen-bond acceptors (Lipinski definition) is 6. The molecule has 1 amide bonds. The first-order chi connectivity index (χ1) is 14.0. The van der Waals surface area contributed by atoms with Crippen LogP contribution in [0.3, 0.4) is 0 Å². The van der Waals surface area contributed by atoms with E-state index in [0.717, 1.165) is 6.07 Å². The van der Waals surface area contributed by atoms with Crippen LogP contribution >= 0.6 is 0 Å². The van der Waals surface area contributed by atoms with Crippen LogP contribution in [0.2, 0.25) is 0 Å². The van der Waals surface area contributed by atoms with Gasteiger partial charge in [-0.25, -0.2) is 17.5 Å². The zero-order valence-corrected chi connectivity index (χ0v) is 17.3. The molecule has 3 rings (SSSR count). The summed E-state index contributed by atoms with van der Waals surface area (Å²) in [6.07, 6.45) is 0.251. The topological polar surface area (TPSA) is 133 Å². The van der Waals surface area contributed by atoms with Crippen LogP contribution in [0.5, 0.6) is 5.75 Å². The van der Waals surface area contributed by atoms with Crippen LogP contribution in [0.15, 0.2) is 29.3 Å². The minimum absolute atomic E-state index is 0.0714. The van der Waals surface area contributed by atoms with Crippen molar-refractivity contribution in [1.29, 1.82) is 5.26 Å². The second-order valence-corrected chi connectivity index (χ2v) is 9.00. The summed E-state index contributed by atoms with van der Waals surface area (Å²) in [4.78, 5) is 12.6. The summed E-state index contributed by atoms with van der Waals surface area (Å²) in [7, 11) is -2.58. The number of aliphatic hydroxyl groups excluding tert-OH is 1. The third-order valence-electron chi connectivity index (χ3n) is 4.76. The molecular weight excluding hydrogens is 415 g/mol. The molecule has 1 aromatic carbocycles. The monoisotopic (exact) mass is 436 g/mol. The molecule has 1 aliphatic rings. The molecule has 11 heteroatoms. The van der Waals surface area contributed by atoms with Gasteiger partial charge in [-0.05, 0) is 24.1 Å². The second-order valence-electron chi connectivity index (χ2n) is 7.32. The number of nitrogens with zero attached hydrogens (tertiary/aromatic N) is 2. The van der Waals surface area contributed by atoms with E-state index < -0.39 is 33.9 Å². The highest BCUT2D eigenvalue weighted by molar-refractivity contribution is 7.89. The molecule has 0 bridgehead atoms. The van der Waals surface area contributed by atoms with E-state index in [-0.39, 0.29) is 40.1 Å². The SMILES string of the molecule is CC(C)C(O)C1COc2c(cn(C)c2C(=O)Nc2ccc(F)c(C#N)c2)S(=O)(=O)N1. The molecule has 9 nitrogen and oxygen atoms in total. The number of aryl methyl sites for hydroxylation is 1. The predicted octanol–water partition coefficient (Wildman–Crippen LogP) is 1.34. The molecule has 0 fully saturated rings. The number of halogens is 1.